The topological polar surface area (TPSA) is 235 Å². The Hall–Kier alpha value is -3.87. The van der Waals surface area contributed by atoms with Crippen molar-refractivity contribution < 1.29 is 81.3 Å². The first-order chi connectivity index (χ1) is 20.5. The lowest BCUT2D eigenvalue weighted by Crippen LogP contribution is -2.69. The van der Waals surface area contributed by atoms with Crippen molar-refractivity contribution in [2.75, 3.05) is 13.2 Å². The van der Waals surface area contributed by atoms with Gasteiger partial charge in [-0.2, -0.15) is 0 Å². The van der Waals surface area contributed by atoms with Gasteiger partial charge in [-0.15, -0.1) is 0 Å². The van der Waals surface area contributed by atoms with Crippen molar-refractivity contribution in [2.45, 2.75) is 110 Å². The van der Waals surface area contributed by atoms with E-state index in [9.17, 15) is 38.7 Å². The molecule has 248 valence electrons. The second-order valence-electron chi connectivity index (χ2n) is 9.84. The summed E-state index contributed by atoms with van der Waals surface area (Å²) in [5.74, 6) is -5.65. The van der Waals surface area contributed by atoms with Crippen molar-refractivity contribution in [3.8, 4) is 0 Å². The van der Waals surface area contributed by atoms with Crippen molar-refractivity contribution in [3.63, 3.8) is 0 Å². The highest BCUT2D eigenvalue weighted by Gasteiger charge is 2.56. The molecule has 0 radical (unpaired) electrons. The third-order valence-corrected chi connectivity index (χ3v) is 6.03. The molecule has 2 aliphatic rings. The first kappa shape index (κ1) is 36.3. The molecule has 0 saturated carbocycles. The Kier molecular flexibility index (Phi) is 13.4. The largest absolute Gasteiger partial charge is 0.463 e. The minimum absolute atomic E-state index is 0.544. The highest BCUT2D eigenvalue weighted by molar-refractivity contribution is 5.74. The molecule has 2 rings (SSSR count). The predicted octanol–water partition coefficient (Wildman–Crippen LogP) is -1.83. The smallest absolute Gasteiger partial charge is 0.303 e. The summed E-state index contributed by atoms with van der Waals surface area (Å²) in [5.41, 5.74) is 0. The Balaban J connectivity index is 2.66. The highest BCUT2D eigenvalue weighted by Crippen LogP contribution is 2.33. The van der Waals surface area contributed by atoms with E-state index in [-0.39, 0.29) is 0 Å². The molecule has 2 saturated heterocycles. The molecule has 18 nitrogen and oxygen atoms in total. The minimum atomic E-state index is -1.92. The van der Waals surface area contributed by atoms with Gasteiger partial charge in [-0.1, -0.05) is 0 Å². The van der Waals surface area contributed by atoms with E-state index in [0.717, 1.165) is 48.5 Å². The number of aliphatic hydroxyl groups excluding tert-OH is 1. The van der Waals surface area contributed by atoms with Crippen molar-refractivity contribution in [1.29, 1.82) is 0 Å². The van der Waals surface area contributed by atoms with E-state index in [1.165, 1.54) is 0 Å². The number of amides is 1. The number of hydrogen-bond acceptors (Lipinski definition) is 17. The van der Waals surface area contributed by atoms with Crippen LogP contribution in [0.3, 0.4) is 0 Å². The molecule has 0 spiro atoms. The first-order valence-electron chi connectivity index (χ1n) is 13.4. The van der Waals surface area contributed by atoms with Crippen LogP contribution in [-0.2, 0) is 76.2 Å². The molecule has 0 aromatic carbocycles. The summed E-state index contributed by atoms with van der Waals surface area (Å²) in [4.78, 5) is 83.7. The quantitative estimate of drug-likeness (QED) is 0.188. The molecule has 0 aliphatic carbocycles. The van der Waals surface area contributed by atoms with Crippen LogP contribution in [0.5, 0.6) is 0 Å². The summed E-state index contributed by atoms with van der Waals surface area (Å²) in [6.45, 7) is 6.38. The lowest BCUT2D eigenvalue weighted by Gasteiger charge is -2.48. The molecule has 2 aliphatic heterocycles. The molecule has 2 fully saturated rings. The Morgan fingerprint density at radius 1 is 0.568 bits per heavy atom. The number of ether oxygens (including phenoxy) is 9. The molecule has 0 aromatic rings. The van der Waals surface area contributed by atoms with Gasteiger partial charge in [0.25, 0.3) is 0 Å². The van der Waals surface area contributed by atoms with Crippen LogP contribution in [0.15, 0.2) is 0 Å². The van der Waals surface area contributed by atoms with Crippen molar-refractivity contribution in [2.24, 2.45) is 0 Å². The normalized spacial score (nSPS) is 31.5. The Morgan fingerprint density at radius 3 is 1.41 bits per heavy atom. The standard InChI is InChI=1S/C26H37NO17/c1-10(28)27-19-22(40-15(6)33)20(38-13(4)31)18(9-37-12(3)30)43-26(19)44-23-21(39-14(5)32)17(8-36-11(2)29)42-25(35)24(23)41-16(7)34/h17-26,35H,8-9H2,1-7H3,(H,27,28)/t17-,18-,19-,20-,21-,22-,23+,24-,25-,26+/m1/s1. The van der Waals surface area contributed by atoms with Gasteiger partial charge in [-0.3, -0.25) is 33.6 Å². The summed E-state index contributed by atoms with van der Waals surface area (Å²) in [7, 11) is 0. The SMILES string of the molecule is CC(=O)N[C@H]1[C@H](O[C@@H]2[C@@H](OC(C)=O)[C@H](O)O[C@H](COC(C)=O)[C@H]2OC(C)=O)O[C@H](COC(C)=O)[C@@H](OC(C)=O)[C@@H]1OC(C)=O. The van der Waals surface area contributed by atoms with Crippen LogP contribution in [0.4, 0.5) is 0 Å². The number of esters is 6. The van der Waals surface area contributed by atoms with Gasteiger partial charge < -0.3 is 53.1 Å². The van der Waals surface area contributed by atoms with Gasteiger partial charge >= 0.3 is 35.8 Å². The highest BCUT2D eigenvalue weighted by atomic mass is 16.7. The zero-order valence-corrected chi connectivity index (χ0v) is 25.2. The Labute approximate surface area is 251 Å². The van der Waals surface area contributed by atoms with Crippen LogP contribution in [-0.4, -0.2) is 121 Å². The van der Waals surface area contributed by atoms with Crippen LogP contribution in [0, 0.1) is 0 Å². The summed E-state index contributed by atoms with van der Waals surface area (Å²) in [5, 5.41) is 13.3. The second kappa shape index (κ2) is 16.3. The average molecular weight is 636 g/mol. The number of aliphatic hydroxyl groups is 1. The fourth-order valence-corrected chi connectivity index (χ4v) is 4.60. The molecule has 2 heterocycles. The van der Waals surface area contributed by atoms with Crippen molar-refractivity contribution >= 4 is 41.7 Å². The van der Waals surface area contributed by atoms with Gasteiger partial charge in [-0.25, -0.2) is 0 Å². The van der Waals surface area contributed by atoms with Gasteiger partial charge in [0.1, 0.15) is 37.6 Å². The van der Waals surface area contributed by atoms with E-state index in [1.807, 2.05) is 0 Å². The molecule has 0 unspecified atom stereocenters. The average Bonchev–Trinajstić information content (AvgIpc) is 2.87. The van der Waals surface area contributed by atoms with E-state index in [0.29, 0.717) is 0 Å². The predicted molar refractivity (Wildman–Crippen MR) is 138 cm³/mol. The van der Waals surface area contributed by atoms with Crippen LogP contribution >= 0.6 is 0 Å². The molecular formula is C26H37NO17. The lowest BCUT2D eigenvalue weighted by molar-refractivity contribution is -0.344. The zero-order valence-electron chi connectivity index (χ0n) is 25.2. The van der Waals surface area contributed by atoms with Crippen LogP contribution < -0.4 is 5.32 Å². The summed E-state index contributed by atoms with van der Waals surface area (Å²) in [6.07, 6.45) is -14.2. The summed E-state index contributed by atoms with van der Waals surface area (Å²) >= 11 is 0. The Morgan fingerprint density at radius 2 is 0.977 bits per heavy atom. The molecule has 1 amide bonds. The maximum Gasteiger partial charge on any atom is 0.303 e. The van der Waals surface area contributed by atoms with E-state index in [4.69, 9.17) is 42.6 Å². The fourth-order valence-electron chi connectivity index (χ4n) is 4.60. The summed E-state index contributed by atoms with van der Waals surface area (Å²) < 4.78 is 49.0. The van der Waals surface area contributed by atoms with E-state index < -0.39 is 116 Å². The van der Waals surface area contributed by atoms with Crippen molar-refractivity contribution in [3.05, 3.63) is 0 Å². The fraction of sp³-hybridized carbons (Fsp3) is 0.731. The number of carbonyl (C=O) groups excluding carboxylic acids is 7. The minimum Gasteiger partial charge on any atom is -0.463 e. The lowest BCUT2D eigenvalue weighted by atomic mass is 9.94. The number of hydrogen-bond donors (Lipinski definition) is 2. The van der Waals surface area contributed by atoms with Gasteiger partial charge in [0.2, 0.25) is 5.91 Å². The maximum absolute atomic E-state index is 12.3. The van der Waals surface area contributed by atoms with Crippen LogP contribution in [0.25, 0.3) is 0 Å². The second-order valence-corrected chi connectivity index (χ2v) is 9.84. The monoisotopic (exact) mass is 635 g/mol. The molecule has 2 N–H and O–H groups in total. The third kappa shape index (κ3) is 10.7. The van der Waals surface area contributed by atoms with E-state index in [1.54, 1.807) is 0 Å². The van der Waals surface area contributed by atoms with Gasteiger partial charge in [0.05, 0.1) is 0 Å². The maximum atomic E-state index is 12.3. The third-order valence-electron chi connectivity index (χ3n) is 6.03. The number of rotatable bonds is 11. The molecule has 10 atom stereocenters. The summed E-state index contributed by atoms with van der Waals surface area (Å²) in [6, 6.07) is -1.46. The molecule has 0 bridgehead atoms. The van der Waals surface area contributed by atoms with E-state index >= 15 is 0 Å². The zero-order chi connectivity index (χ0) is 33.3. The molecule has 0 aromatic heterocycles. The number of nitrogens with one attached hydrogen (secondary N) is 1. The number of carbonyl (C=O) groups is 7. The Bertz CT molecular complexity index is 1090. The molecule has 18 heteroatoms. The van der Waals surface area contributed by atoms with Crippen molar-refractivity contribution in [1.82, 2.24) is 5.32 Å². The molecular weight excluding hydrogens is 598 g/mol. The first-order valence-corrected chi connectivity index (χ1v) is 13.4. The van der Waals surface area contributed by atoms with Crippen LogP contribution in [0.2, 0.25) is 0 Å². The van der Waals surface area contributed by atoms with Gasteiger partial charge in [0.15, 0.2) is 37.0 Å². The molecule has 44 heavy (non-hydrogen) atoms. The van der Waals surface area contributed by atoms with Gasteiger partial charge in [0, 0.05) is 48.5 Å². The van der Waals surface area contributed by atoms with Gasteiger partial charge in [-0.05, 0) is 0 Å². The van der Waals surface area contributed by atoms with Crippen LogP contribution in [0.1, 0.15) is 48.5 Å². The van der Waals surface area contributed by atoms with E-state index in [2.05, 4.69) is 5.32 Å².